The van der Waals surface area contributed by atoms with Crippen LogP contribution in [0, 0.1) is 0 Å². The minimum atomic E-state index is 0.212. The predicted octanol–water partition coefficient (Wildman–Crippen LogP) is -0.145. The molecule has 3 heteroatoms. The third-order valence-corrected chi connectivity index (χ3v) is 2.43. The highest BCUT2D eigenvalue weighted by Gasteiger charge is 2.29. The van der Waals surface area contributed by atoms with Crippen LogP contribution in [0.4, 0.5) is 0 Å². The number of ether oxygens (including phenoxy) is 1. The van der Waals surface area contributed by atoms with Crippen LogP contribution in [0.3, 0.4) is 0 Å². The van der Waals surface area contributed by atoms with Crippen LogP contribution >= 0.6 is 0 Å². The molecule has 1 heterocycles. The largest absolute Gasteiger partial charge is 0.380 e. The minimum absolute atomic E-state index is 0.212. The van der Waals surface area contributed by atoms with Crippen molar-refractivity contribution in [3.05, 3.63) is 0 Å². The summed E-state index contributed by atoms with van der Waals surface area (Å²) in [6.45, 7) is 1.60. The molecule has 0 radical (unpaired) electrons. The summed E-state index contributed by atoms with van der Waals surface area (Å²) in [6, 6.07) is 1.49. The van der Waals surface area contributed by atoms with E-state index < -0.39 is 0 Å². The maximum absolute atomic E-state index is 5.87. The van der Waals surface area contributed by atoms with Crippen molar-refractivity contribution in [1.29, 1.82) is 0 Å². The maximum Gasteiger partial charge on any atom is 0.0632 e. The zero-order chi connectivity index (χ0) is 7.68. The van der Waals surface area contributed by atoms with Crippen LogP contribution in [-0.4, -0.2) is 31.3 Å². The molecule has 1 aliphatic carbocycles. The van der Waals surface area contributed by atoms with Gasteiger partial charge >= 0.3 is 0 Å². The maximum atomic E-state index is 5.87. The average Bonchev–Trinajstić information content (AvgIpc) is 2.78. The van der Waals surface area contributed by atoms with E-state index in [1.807, 2.05) is 0 Å². The van der Waals surface area contributed by atoms with Gasteiger partial charge < -0.3 is 15.8 Å². The molecule has 1 saturated heterocycles. The van der Waals surface area contributed by atoms with Crippen molar-refractivity contribution in [2.45, 2.75) is 37.4 Å². The Bertz CT molecular complexity index is 136. The highest BCUT2D eigenvalue weighted by atomic mass is 16.5. The second kappa shape index (κ2) is 3.09. The summed E-state index contributed by atoms with van der Waals surface area (Å²) in [5.41, 5.74) is 5.87. The Kier molecular flexibility index (Phi) is 2.11. The number of rotatable bonds is 2. The Labute approximate surface area is 67.3 Å². The molecule has 0 spiro atoms. The SMILES string of the molecule is N[C@@H]1COCCC1NC1CC1. The van der Waals surface area contributed by atoms with E-state index in [-0.39, 0.29) is 6.04 Å². The van der Waals surface area contributed by atoms with Crippen molar-refractivity contribution < 1.29 is 4.74 Å². The molecule has 0 aromatic heterocycles. The Morgan fingerprint density at radius 1 is 1.27 bits per heavy atom. The van der Waals surface area contributed by atoms with E-state index in [4.69, 9.17) is 10.5 Å². The van der Waals surface area contributed by atoms with E-state index in [2.05, 4.69) is 5.32 Å². The van der Waals surface area contributed by atoms with Crippen LogP contribution in [0.5, 0.6) is 0 Å². The molecule has 1 aliphatic heterocycles. The summed E-state index contributed by atoms with van der Waals surface area (Å²) in [5, 5.41) is 3.54. The Morgan fingerprint density at radius 3 is 2.73 bits per heavy atom. The van der Waals surface area contributed by atoms with Gasteiger partial charge in [0.25, 0.3) is 0 Å². The molecular formula is C8H16N2O. The van der Waals surface area contributed by atoms with Crippen molar-refractivity contribution >= 4 is 0 Å². The zero-order valence-electron chi connectivity index (χ0n) is 6.75. The first-order valence-corrected chi connectivity index (χ1v) is 4.45. The third-order valence-electron chi connectivity index (χ3n) is 2.43. The van der Waals surface area contributed by atoms with Crippen LogP contribution in [-0.2, 0) is 4.74 Å². The molecule has 3 N–H and O–H groups in total. The topological polar surface area (TPSA) is 47.3 Å². The fourth-order valence-corrected chi connectivity index (χ4v) is 1.52. The lowest BCUT2D eigenvalue weighted by Crippen LogP contribution is -2.51. The molecule has 0 aromatic rings. The van der Waals surface area contributed by atoms with Gasteiger partial charge in [-0.3, -0.25) is 0 Å². The molecule has 1 saturated carbocycles. The summed E-state index contributed by atoms with van der Waals surface area (Å²) in [4.78, 5) is 0. The van der Waals surface area contributed by atoms with Gasteiger partial charge in [0.1, 0.15) is 0 Å². The minimum Gasteiger partial charge on any atom is -0.380 e. The predicted molar refractivity (Wildman–Crippen MR) is 43.4 cm³/mol. The molecule has 3 nitrogen and oxygen atoms in total. The fraction of sp³-hybridized carbons (Fsp3) is 1.00. The van der Waals surface area contributed by atoms with E-state index in [1.54, 1.807) is 0 Å². The van der Waals surface area contributed by atoms with Gasteiger partial charge in [-0.25, -0.2) is 0 Å². The molecule has 2 aliphatic rings. The first kappa shape index (κ1) is 7.53. The van der Waals surface area contributed by atoms with E-state index >= 15 is 0 Å². The molecule has 64 valence electrons. The summed E-state index contributed by atoms with van der Waals surface area (Å²) in [5.74, 6) is 0. The first-order valence-electron chi connectivity index (χ1n) is 4.45. The van der Waals surface area contributed by atoms with Gasteiger partial charge in [-0.2, -0.15) is 0 Å². The summed E-state index contributed by atoms with van der Waals surface area (Å²) >= 11 is 0. The Hall–Kier alpha value is -0.120. The van der Waals surface area contributed by atoms with Crippen molar-refractivity contribution in [2.24, 2.45) is 5.73 Å². The van der Waals surface area contributed by atoms with E-state index in [0.717, 1.165) is 25.7 Å². The molecule has 0 bridgehead atoms. The molecular weight excluding hydrogens is 140 g/mol. The molecule has 11 heavy (non-hydrogen) atoms. The van der Waals surface area contributed by atoms with Crippen LogP contribution < -0.4 is 11.1 Å². The van der Waals surface area contributed by atoms with Crippen LogP contribution in [0.25, 0.3) is 0 Å². The molecule has 1 unspecified atom stereocenters. The van der Waals surface area contributed by atoms with Crippen molar-refractivity contribution in [2.75, 3.05) is 13.2 Å². The van der Waals surface area contributed by atoms with Gasteiger partial charge in [0.2, 0.25) is 0 Å². The lowest BCUT2D eigenvalue weighted by Gasteiger charge is -2.29. The lowest BCUT2D eigenvalue weighted by molar-refractivity contribution is 0.0615. The molecule has 2 fully saturated rings. The van der Waals surface area contributed by atoms with Crippen LogP contribution in [0.15, 0.2) is 0 Å². The highest BCUT2D eigenvalue weighted by Crippen LogP contribution is 2.21. The standard InChI is InChI=1S/C8H16N2O/c9-7-5-11-4-3-8(7)10-6-1-2-6/h6-8,10H,1-5,9H2/t7-,8?/m1/s1. The average molecular weight is 156 g/mol. The van der Waals surface area contributed by atoms with Gasteiger partial charge in [0.15, 0.2) is 0 Å². The molecule has 2 atom stereocenters. The second-order valence-corrected chi connectivity index (χ2v) is 3.57. The summed E-state index contributed by atoms with van der Waals surface area (Å²) < 4.78 is 5.25. The monoisotopic (exact) mass is 156 g/mol. The normalized spacial score (nSPS) is 39.0. The van der Waals surface area contributed by atoms with E-state index in [1.165, 1.54) is 12.8 Å². The van der Waals surface area contributed by atoms with Gasteiger partial charge in [0, 0.05) is 24.7 Å². The fourth-order valence-electron chi connectivity index (χ4n) is 1.52. The van der Waals surface area contributed by atoms with E-state index in [0.29, 0.717) is 6.04 Å². The first-order chi connectivity index (χ1) is 5.36. The number of hydrogen-bond donors (Lipinski definition) is 2. The molecule has 2 rings (SSSR count). The van der Waals surface area contributed by atoms with Gasteiger partial charge in [-0.15, -0.1) is 0 Å². The second-order valence-electron chi connectivity index (χ2n) is 3.57. The molecule has 0 aromatic carbocycles. The van der Waals surface area contributed by atoms with Gasteiger partial charge in [-0.05, 0) is 19.3 Å². The van der Waals surface area contributed by atoms with Gasteiger partial charge in [0.05, 0.1) is 6.61 Å². The van der Waals surface area contributed by atoms with Crippen molar-refractivity contribution in [1.82, 2.24) is 5.32 Å². The number of nitrogens with one attached hydrogen (secondary N) is 1. The van der Waals surface area contributed by atoms with Crippen molar-refractivity contribution in [3.8, 4) is 0 Å². The third kappa shape index (κ3) is 1.92. The van der Waals surface area contributed by atoms with Crippen LogP contribution in [0.2, 0.25) is 0 Å². The quantitative estimate of drug-likeness (QED) is 0.584. The van der Waals surface area contributed by atoms with Gasteiger partial charge in [-0.1, -0.05) is 0 Å². The highest BCUT2D eigenvalue weighted by molar-refractivity contribution is 4.90. The summed E-state index contributed by atoms with van der Waals surface area (Å²) in [6.07, 6.45) is 3.76. The molecule has 0 amide bonds. The van der Waals surface area contributed by atoms with Crippen molar-refractivity contribution in [3.63, 3.8) is 0 Å². The Morgan fingerprint density at radius 2 is 2.09 bits per heavy atom. The Balaban J connectivity index is 1.78. The number of hydrogen-bond acceptors (Lipinski definition) is 3. The zero-order valence-corrected chi connectivity index (χ0v) is 6.75. The van der Waals surface area contributed by atoms with E-state index in [9.17, 15) is 0 Å². The lowest BCUT2D eigenvalue weighted by atomic mass is 10.0. The smallest absolute Gasteiger partial charge is 0.0632 e. The van der Waals surface area contributed by atoms with Crippen LogP contribution in [0.1, 0.15) is 19.3 Å². The summed E-state index contributed by atoms with van der Waals surface area (Å²) in [7, 11) is 0. The number of nitrogens with two attached hydrogens (primary N) is 1.